The summed E-state index contributed by atoms with van der Waals surface area (Å²) in [6.07, 6.45) is 1.43. The molecular formula is C25H24N2O4. The van der Waals surface area contributed by atoms with Crippen LogP contribution in [0.15, 0.2) is 78.9 Å². The van der Waals surface area contributed by atoms with E-state index in [2.05, 4.69) is 5.32 Å². The summed E-state index contributed by atoms with van der Waals surface area (Å²) in [5.74, 6) is 1.16. The molecule has 0 bridgehead atoms. The number of nitrogens with one attached hydrogen (secondary N) is 1. The number of benzene rings is 3. The van der Waals surface area contributed by atoms with E-state index in [0.29, 0.717) is 31.0 Å². The average molecular weight is 416 g/mol. The zero-order valence-corrected chi connectivity index (χ0v) is 17.1. The van der Waals surface area contributed by atoms with Gasteiger partial charge in [-0.2, -0.15) is 0 Å². The predicted molar refractivity (Wildman–Crippen MR) is 119 cm³/mol. The first-order chi connectivity index (χ1) is 15.2. The van der Waals surface area contributed by atoms with Gasteiger partial charge in [0.2, 0.25) is 5.91 Å². The Morgan fingerprint density at radius 3 is 2.35 bits per heavy atom. The first-order valence-corrected chi connectivity index (χ1v) is 10.3. The van der Waals surface area contributed by atoms with Gasteiger partial charge in [-0.15, -0.1) is 0 Å². The Hall–Kier alpha value is -3.80. The summed E-state index contributed by atoms with van der Waals surface area (Å²) < 4.78 is 11.3. The quantitative estimate of drug-likeness (QED) is 0.591. The van der Waals surface area contributed by atoms with Crippen molar-refractivity contribution in [2.45, 2.75) is 19.4 Å². The molecule has 6 heteroatoms. The number of carbonyl (C=O) groups excluding carboxylic acids is 2. The summed E-state index contributed by atoms with van der Waals surface area (Å²) in [4.78, 5) is 25.9. The molecule has 0 atom stereocenters. The van der Waals surface area contributed by atoms with Crippen molar-refractivity contribution in [3.05, 3.63) is 84.4 Å². The molecule has 158 valence electrons. The number of ether oxygens (including phenoxy) is 2. The Bertz CT molecular complexity index is 1030. The molecule has 0 radical (unpaired) electrons. The molecule has 3 aromatic rings. The van der Waals surface area contributed by atoms with Crippen LogP contribution in [0.25, 0.3) is 0 Å². The summed E-state index contributed by atoms with van der Waals surface area (Å²) in [7, 11) is 0. The lowest BCUT2D eigenvalue weighted by atomic mass is 10.2. The maximum absolute atomic E-state index is 12.3. The van der Waals surface area contributed by atoms with Crippen molar-refractivity contribution in [2.24, 2.45) is 0 Å². The minimum atomic E-state index is -0.269. The van der Waals surface area contributed by atoms with E-state index in [0.717, 1.165) is 23.4 Å². The Kier molecular flexibility index (Phi) is 6.47. The number of hydrogen-bond donors (Lipinski definition) is 1. The number of nitrogens with zero attached hydrogens (tertiary/aromatic N) is 1. The maximum atomic E-state index is 12.3. The van der Waals surface area contributed by atoms with E-state index in [1.807, 2.05) is 54.6 Å². The van der Waals surface area contributed by atoms with Crippen LogP contribution in [-0.2, 0) is 16.2 Å². The first-order valence-electron chi connectivity index (χ1n) is 10.3. The van der Waals surface area contributed by atoms with Crippen LogP contribution in [0.1, 0.15) is 18.4 Å². The van der Waals surface area contributed by atoms with Crippen molar-refractivity contribution in [3.8, 4) is 11.5 Å². The molecule has 31 heavy (non-hydrogen) atoms. The monoisotopic (exact) mass is 416 g/mol. The minimum Gasteiger partial charge on any atom is -0.489 e. The lowest BCUT2D eigenvalue weighted by Gasteiger charge is -2.16. The lowest BCUT2D eigenvalue weighted by molar-refractivity contribution is -0.118. The van der Waals surface area contributed by atoms with Crippen molar-refractivity contribution < 1.29 is 19.1 Å². The van der Waals surface area contributed by atoms with Crippen LogP contribution >= 0.6 is 0 Å². The van der Waals surface area contributed by atoms with Crippen molar-refractivity contribution in [1.82, 2.24) is 0 Å². The first kappa shape index (κ1) is 20.5. The van der Waals surface area contributed by atoms with Crippen LogP contribution < -0.4 is 19.7 Å². The molecule has 0 spiro atoms. The molecule has 6 nitrogen and oxygen atoms in total. The van der Waals surface area contributed by atoms with Gasteiger partial charge in [0.1, 0.15) is 18.1 Å². The van der Waals surface area contributed by atoms with E-state index in [1.165, 1.54) is 0 Å². The van der Waals surface area contributed by atoms with E-state index in [1.54, 1.807) is 29.2 Å². The van der Waals surface area contributed by atoms with E-state index in [9.17, 15) is 9.59 Å². The van der Waals surface area contributed by atoms with Gasteiger partial charge in [0, 0.05) is 24.3 Å². The minimum absolute atomic E-state index is 0.114. The highest BCUT2D eigenvalue weighted by molar-refractivity contribution is 5.97. The Labute approximate surface area is 181 Å². The van der Waals surface area contributed by atoms with E-state index < -0.39 is 0 Å². The fourth-order valence-electron chi connectivity index (χ4n) is 3.39. The lowest BCUT2D eigenvalue weighted by Crippen LogP contribution is -2.24. The van der Waals surface area contributed by atoms with Gasteiger partial charge >= 0.3 is 0 Å². The Morgan fingerprint density at radius 2 is 1.65 bits per heavy atom. The molecule has 1 aliphatic heterocycles. The summed E-state index contributed by atoms with van der Waals surface area (Å²) in [6, 6.07) is 24.4. The van der Waals surface area contributed by atoms with Gasteiger partial charge in [0.15, 0.2) is 6.61 Å². The molecule has 0 unspecified atom stereocenters. The fourth-order valence-corrected chi connectivity index (χ4v) is 3.39. The van der Waals surface area contributed by atoms with E-state index in [4.69, 9.17) is 9.47 Å². The molecule has 1 N–H and O–H groups in total. The molecule has 2 amide bonds. The highest BCUT2D eigenvalue weighted by Gasteiger charge is 2.21. The van der Waals surface area contributed by atoms with Gasteiger partial charge in [0.25, 0.3) is 5.91 Å². The van der Waals surface area contributed by atoms with Crippen molar-refractivity contribution in [2.75, 3.05) is 23.4 Å². The number of carbonyl (C=O) groups is 2. The van der Waals surface area contributed by atoms with Crippen LogP contribution in [0.2, 0.25) is 0 Å². The number of anilines is 2. The van der Waals surface area contributed by atoms with Gasteiger partial charge in [-0.3, -0.25) is 9.59 Å². The van der Waals surface area contributed by atoms with Crippen LogP contribution in [0.3, 0.4) is 0 Å². The summed E-state index contributed by atoms with van der Waals surface area (Å²) in [5, 5.41) is 2.81. The van der Waals surface area contributed by atoms with Crippen molar-refractivity contribution >= 4 is 23.2 Å². The Balaban J connectivity index is 1.25. The molecule has 1 aliphatic rings. The largest absolute Gasteiger partial charge is 0.489 e. The van der Waals surface area contributed by atoms with Crippen LogP contribution in [0.4, 0.5) is 11.4 Å². The third-order valence-corrected chi connectivity index (χ3v) is 4.96. The molecule has 0 saturated carbocycles. The highest BCUT2D eigenvalue weighted by Crippen LogP contribution is 2.24. The van der Waals surface area contributed by atoms with Gasteiger partial charge < -0.3 is 19.7 Å². The van der Waals surface area contributed by atoms with Crippen LogP contribution in [0.5, 0.6) is 11.5 Å². The topological polar surface area (TPSA) is 67.9 Å². The molecular weight excluding hydrogens is 392 g/mol. The maximum Gasteiger partial charge on any atom is 0.262 e. The molecule has 1 saturated heterocycles. The van der Waals surface area contributed by atoms with Crippen molar-refractivity contribution in [3.63, 3.8) is 0 Å². The molecule has 1 heterocycles. The third-order valence-electron chi connectivity index (χ3n) is 4.96. The molecule has 1 fully saturated rings. The Morgan fingerprint density at radius 1 is 0.903 bits per heavy atom. The molecule has 4 rings (SSSR count). The molecule has 0 aromatic heterocycles. The van der Waals surface area contributed by atoms with Crippen LogP contribution in [-0.4, -0.2) is 25.0 Å². The zero-order chi connectivity index (χ0) is 21.5. The average Bonchev–Trinajstić information content (AvgIpc) is 3.24. The summed E-state index contributed by atoms with van der Waals surface area (Å²) in [5.41, 5.74) is 2.53. The highest BCUT2D eigenvalue weighted by atomic mass is 16.5. The van der Waals surface area contributed by atoms with Crippen molar-refractivity contribution in [1.29, 1.82) is 0 Å². The van der Waals surface area contributed by atoms with Gasteiger partial charge in [0.05, 0.1) is 0 Å². The second-order valence-corrected chi connectivity index (χ2v) is 7.28. The second kappa shape index (κ2) is 9.80. The summed E-state index contributed by atoms with van der Waals surface area (Å²) >= 11 is 0. The third kappa shape index (κ3) is 5.63. The van der Waals surface area contributed by atoms with Gasteiger partial charge in [-0.1, -0.05) is 36.4 Å². The second-order valence-electron chi connectivity index (χ2n) is 7.28. The van der Waals surface area contributed by atoms with Crippen LogP contribution in [0, 0.1) is 0 Å². The predicted octanol–water partition coefficient (Wildman–Crippen LogP) is 4.41. The van der Waals surface area contributed by atoms with E-state index >= 15 is 0 Å². The SMILES string of the molecule is O=C(COc1ccc(OCc2ccccc2)cc1)Nc1cccc(N2CCCC2=O)c1. The molecule has 3 aromatic carbocycles. The van der Waals surface area contributed by atoms with E-state index in [-0.39, 0.29) is 18.4 Å². The summed E-state index contributed by atoms with van der Waals surface area (Å²) in [6.45, 7) is 1.09. The number of hydrogen-bond acceptors (Lipinski definition) is 4. The number of amides is 2. The number of rotatable bonds is 8. The van der Waals surface area contributed by atoms with Gasteiger partial charge in [-0.05, 0) is 54.4 Å². The standard InChI is InChI=1S/C25H24N2O4/c28-24(26-20-8-4-9-21(16-20)27-15-5-10-25(27)29)18-31-23-13-11-22(12-14-23)30-17-19-6-2-1-3-7-19/h1-4,6-9,11-14,16H,5,10,15,17-18H2,(H,26,28). The smallest absolute Gasteiger partial charge is 0.262 e. The molecule has 0 aliphatic carbocycles. The zero-order valence-electron chi connectivity index (χ0n) is 17.1. The van der Waals surface area contributed by atoms with Gasteiger partial charge in [-0.25, -0.2) is 0 Å². The fraction of sp³-hybridized carbons (Fsp3) is 0.200. The normalized spacial score (nSPS) is 13.2.